The van der Waals surface area contributed by atoms with Gasteiger partial charge in [-0.05, 0) is 48.7 Å². The highest BCUT2D eigenvalue weighted by Gasteiger charge is 2.19. The molecule has 11 nitrogen and oxygen atoms in total. The van der Waals surface area contributed by atoms with Crippen molar-refractivity contribution >= 4 is 57.4 Å². The third kappa shape index (κ3) is 7.30. The van der Waals surface area contributed by atoms with Gasteiger partial charge in [0.15, 0.2) is 10.2 Å². The van der Waals surface area contributed by atoms with Crippen LogP contribution in [0.15, 0.2) is 48.5 Å². The van der Waals surface area contributed by atoms with Gasteiger partial charge in [-0.3, -0.25) is 25.1 Å². The second-order valence-electron chi connectivity index (χ2n) is 7.25. The Kier molecular flexibility index (Phi) is 8.40. The zero-order chi connectivity index (χ0) is 23.8. The van der Waals surface area contributed by atoms with Crippen LogP contribution < -0.4 is 16.0 Å². The third-order valence-electron chi connectivity index (χ3n) is 5.04. The van der Waals surface area contributed by atoms with Gasteiger partial charge >= 0.3 is 0 Å². The van der Waals surface area contributed by atoms with E-state index in [-0.39, 0.29) is 11.4 Å². The average molecular weight is 490 g/mol. The SMILES string of the molecule is O=[N+]([O-])c1ccc(NC(=S)NCCN2CCN(C(=S)Nc3ccc([N+](=O)[O-])cc3)CC2)cc1. The van der Waals surface area contributed by atoms with Crippen molar-refractivity contribution < 1.29 is 9.85 Å². The zero-order valence-electron chi connectivity index (χ0n) is 17.6. The summed E-state index contributed by atoms with van der Waals surface area (Å²) in [5, 5.41) is 31.8. The fraction of sp³-hybridized carbons (Fsp3) is 0.300. The molecule has 13 heteroatoms. The zero-order valence-corrected chi connectivity index (χ0v) is 19.2. The normalized spacial score (nSPS) is 13.8. The van der Waals surface area contributed by atoms with Crippen LogP contribution in [0.4, 0.5) is 22.7 Å². The van der Waals surface area contributed by atoms with Gasteiger partial charge in [-0.1, -0.05) is 0 Å². The summed E-state index contributed by atoms with van der Waals surface area (Å²) >= 11 is 10.8. The molecule has 2 aromatic rings. The van der Waals surface area contributed by atoms with Crippen molar-refractivity contribution in [2.24, 2.45) is 0 Å². The van der Waals surface area contributed by atoms with Crippen molar-refractivity contribution in [2.45, 2.75) is 0 Å². The predicted molar refractivity (Wildman–Crippen MR) is 135 cm³/mol. The summed E-state index contributed by atoms with van der Waals surface area (Å²) in [4.78, 5) is 24.9. The van der Waals surface area contributed by atoms with Crippen molar-refractivity contribution in [1.29, 1.82) is 0 Å². The number of thiocarbonyl (C=S) groups is 2. The first-order valence-corrected chi connectivity index (χ1v) is 11.0. The molecule has 1 aliphatic heterocycles. The minimum atomic E-state index is -0.446. The Bertz CT molecular complexity index is 1010. The average Bonchev–Trinajstić information content (AvgIpc) is 2.80. The Labute approximate surface area is 201 Å². The van der Waals surface area contributed by atoms with Crippen molar-refractivity contribution in [3.63, 3.8) is 0 Å². The molecule has 0 bridgehead atoms. The highest BCUT2D eigenvalue weighted by molar-refractivity contribution is 7.80. The second kappa shape index (κ2) is 11.4. The lowest BCUT2D eigenvalue weighted by Gasteiger charge is -2.36. The molecule has 0 aliphatic carbocycles. The van der Waals surface area contributed by atoms with E-state index in [9.17, 15) is 20.2 Å². The van der Waals surface area contributed by atoms with Crippen LogP contribution in [0.25, 0.3) is 0 Å². The molecule has 0 aromatic heterocycles. The Hall–Kier alpha value is -3.42. The highest BCUT2D eigenvalue weighted by Crippen LogP contribution is 2.17. The minimum absolute atomic E-state index is 0.0287. The Morgan fingerprint density at radius 2 is 1.30 bits per heavy atom. The van der Waals surface area contributed by atoms with Crippen LogP contribution in [0.5, 0.6) is 0 Å². The lowest BCUT2D eigenvalue weighted by Crippen LogP contribution is -2.51. The van der Waals surface area contributed by atoms with E-state index in [0.717, 1.165) is 32.7 Å². The van der Waals surface area contributed by atoms with Gasteiger partial charge in [0, 0.05) is 74.9 Å². The first-order chi connectivity index (χ1) is 15.8. The summed E-state index contributed by atoms with van der Waals surface area (Å²) in [5.74, 6) is 0. The highest BCUT2D eigenvalue weighted by atomic mass is 32.1. The maximum absolute atomic E-state index is 10.7. The molecule has 1 fully saturated rings. The van der Waals surface area contributed by atoms with Crippen LogP contribution in [-0.4, -0.2) is 69.1 Å². The Balaban J connectivity index is 1.34. The van der Waals surface area contributed by atoms with Crippen LogP contribution in [0, 0.1) is 20.2 Å². The molecule has 0 unspecified atom stereocenters. The molecule has 174 valence electrons. The Morgan fingerprint density at radius 1 is 0.818 bits per heavy atom. The van der Waals surface area contributed by atoms with Crippen LogP contribution >= 0.6 is 24.4 Å². The Morgan fingerprint density at radius 3 is 1.79 bits per heavy atom. The maximum atomic E-state index is 10.7. The van der Waals surface area contributed by atoms with Gasteiger partial charge in [0.2, 0.25) is 0 Å². The predicted octanol–water partition coefficient (Wildman–Crippen LogP) is 2.80. The van der Waals surface area contributed by atoms with Gasteiger partial charge in [-0.25, -0.2) is 0 Å². The molecule has 0 amide bonds. The summed E-state index contributed by atoms with van der Waals surface area (Å²) in [6, 6.07) is 12.2. The third-order valence-corrected chi connectivity index (χ3v) is 5.65. The van der Waals surface area contributed by atoms with Crippen molar-refractivity contribution in [3.8, 4) is 0 Å². The van der Waals surface area contributed by atoms with Gasteiger partial charge in [0.05, 0.1) is 9.85 Å². The standard InChI is InChI=1S/C20H23N7O4S2/c28-26(29)17-5-1-15(2-6-17)22-19(32)21-9-10-24-11-13-25(14-12-24)20(33)23-16-3-7-18(8-4-16)27(30)31/h1-8H,9-14H2,(H,23,33)(H2,21,22,32). The molecule has 3 N–H and O–H groups in total. The number of nitro groups is 2. The summed E-state index contributed by atoms with van der Waals surface area (Å²) < 4.78 is 0. The fourth-order valence-corrected chi connectivity index (χ4v) is 3.73. The number of nitrogens with zero attached hydrogens (tertiary/aromatic N) is 4. The van der Waals surface area contributed by atoms with E-state index in [1.54, 1.807) is 24.3 Å². The largest absolute Gasteiger partial charge is 0.361 e. The van der Waals surface area contributed by atoms with Crippen molar-refractivity contribution in [2.75, 3.05) is 49.9 Å². The molecule has 1 heterocycles. The van der Waals surface area contributed by atoms with Crippen molar-refractivity contribution in [3.05, 3.63) is 68.8 Å². The number of rotatable bonds is 7. The van der Waals surface area contributed by atoms with E-state index in [1.165, 1.54) is 24.3 Å². The lowest BCUT2D eigenvalue weighted by molar-refractivity contribution is -0.385. The summed E-state index contributed by atoms with van der Waals surface area (Å²) in [6.07, 6.45) is 0. The number of nitro benzene ring substituents is 2. The van der Waals surface area contributed by atoms with Crippen LogP contribution in [0.1, 0.15) is 0 Å². The van der Waals surface area contributed by atoms with Crippen LogP contribution in [-0.2, 0) is 0 Å². The fourth-order valence-electron chi connectivity index (χ4n) is 3.21. The number of benzene rings is 2. The molecule has 1 saturated heterocycles. The van der Waals surface area contributed by atoms with Gasteiger partial charge in [0.1, 0.15) is 0 Å². The lowest BCUT2D eigenvalue weighted by atomic mass is 10.3. The van der Waals surface area contributed by atoms with Crippen molar-refractivity contribution in [1.82, 2.24) is 15.1 Å². The van der Waals surface area contributed by atoms with Gasteiger partial charge in [-0.2, -0.15) is 0 Å². The quantitative estimate of drug-likeness (QED) is 0.302. The summed E-state index contributed by atoms with van der Waals surface area (Å²) in [6.45, 7) is 4.68. The summed E-state index contributed by atoms with van der Waals surface area (Å²) in [7, 11) is 0. The molecule has 0 saturated carbocycles. The van der Waals surface area contributed by atoms with Gasteiger partial charge in [-0.15, -0.1) is 0 Å². The molecular formula is C20H23N7O4S2. The maximum Gasteiger partial charge on any atom is 0.269 e. The molecular weight excluding hydrogens is 466 g/mol. The molecule has 0 spiro atoms. The van der Waals surface area contributed by atoms with Gasteiger partial charge < -0.3 is 20.9 Å². The molecule has 2 aromatic carbocycles. The number of piperazine rings is 1. The van der Waals surface area contributed by atoms with E-state index >= 15 is 0 Å². The molecule has 3 rings (SSSR count). The molecule has 0 atom stereocenters. The number of non-ortho nitro benzene ring substituents is 2. The minimum Gasteiger partial charge on any atom is -0.361 e. The molecule has 0 radical (unpaired) electrons. The van der Waals surface area contributed by atoms with E-state index in [0.29, 0.717) is 28.1 Å². The number of hydrogen-bond donors (Lipinski definition) is 3. The molecule has 33 heavy (non-hydrogen) atoms. The molecule has 1 aliphatic rings. The first kappa shape index (κ1) is 24.2. The topological polar surface area (TPSA) is 129 Å². The van der Waals surface area contributed by atoms with Crippen LogP contribution in [0.2, 0.25) is 0 Å². The van der Waals surface area contributed by atoms with E-state index < -0.39 is 9.85 Å². The second-order valence-corrected chi connectivity index (χ2v) is 8.04. The van der Waals surface area contributed by atoms with E-state index in [2.05, 4.69) is 25.8 Å². The number of anilines is 2. The van der Waals surface area contributed by atoms with Gasteiger partial charge in [0.25, 0.3) is 11.4 Å². The smallest absolute Gasteiger partial charge is 0.269 e. The monoisotopic (exact) mass is 489 g/mol. The number of hydrogen-bond acceptors (Lipinski definition) is 7. The summed E-state index contributed by atoms with van der Waals surface area (Å²) in [5.41, 5.74) is 1.46. The van der Waals surface area contributed by atoms with E-state index in [1.807, 2.05) is 0 Å². The first-order valence-electron chi connectivity index (χ1n) is 10.1. The van der Waals surface area contributed by atoms with Crippen LogP contribution in [0.3, 0.4) is 0 Å². The van der Waals surface area contributed by atoms with E-state index in [4.69, 9.17) is 24.4 Å². The number of nitrogens with one attached hydrogen (secondary N) is 3.